The normalized spacial score (nSPS) is 18.4. The SMILES string of the molecule is CC(C)(C)OC(=O)N1CCCC1CNc1ccc(F)cc1F. The molecule has 4 nitrogen and oxygen atoms in total. The summed E-state index contributed by atoms with van der Waals surface area (Å²) in [5, 5.41) is 2.94. The van der Waals surface area contributed by atoms with Gasteiger partial charge in [-0.25, -0.2) is 13.6 Å². The third-order valence-corrected chi connectivity index (χ3v) is 3.46. The van der Waals surface area contributed by atoms with E-state index in [0.717, 1.165) is 18.9 Å². The van der Waals surface area contributed by atoms with E-state index in [2.05, 4.69) is 5.32 Å². The van der Waals surface area contributed by atoms with Crippen molar-refractivity contribution in [1.29, 1.82) is 0 Å². The summed E-state index contributed by atoms with van der Waals surface area (Å²) in [6.45, 7) is 6.50. The molecule has 122 valence electrons. The van der Waals surface area contributed by atoms with E-state index in [1.807, 2.05) is 20.8 Å². The van der Waals surface area contributed by atoms with Crippen molar-refractivity contribution < 1.29 is 18.3 Å². The van der Waals surface area contributed by atoms with Gasteiger partial charge in [-0.2, -0.15) is 0 Å². The van der Waals surface area contributed by atoms with Crippen LogP contribution in [0.4, 0.5) is 19.3 Å². The van der Waals surface area contributed by atoms with E-state index in [-0.39, 0.29) is 17.8 Å². The van der Waals surface area contributed by atoms with Crippen LogP contribution in [-0.4, -0.2) is 35.7 Å². The van der Waals surface area contributed by atoms with Gasteiger partial charge in [0.2, 0.25) is 0 Å². The van der Waals surface area contributed by atoms with Gasteiger partial charge in [0.1, 0.15) is 17.2 Å². The lowest BCUT2D eigenvalue weighted by Crippen LogP contribution is -2.42. The average molecular weight is 312 g/mol. The first kappa shape index (κ1) is 16.5. The van der Waals surface area contributed by atoms with Crippen LogP contribution >= 0.6 is 0 Å². The second kappa shape index (κ2) is 6.50. The molecule has 1 aliphatic heterocycles. The van der Waals surface area contributed by atoms with Crippen LogP contribution in [0.2, 0.25) is 0 Å². The second-order valence-electron chi connectivity index (χ2n) is 6.47. The highest BCUT2D eigenvalue weighted by molar-refractivity contribution is 5.69. The minimum atomic E-state index is -0.637. The monoisotopic (exact) mass is 312 g/mol. The van der Waals surface area contributed by atoms with Crippen LogP contribution in [0.15, 0.2) is 18.2 Å². The molecule has 2 rings (SSSR count). The number of halogens is 2. The third kappa shape index (κ3) is 4.32. The topological polar surface area (TPSA) is 41.6 Å². The van der Waals surface area contributed by atoms with Gasteiger partial charge in [-0.15, -0.1) is 0 Å². The van der Waals surface area contributed by atoms with Gasteiger partial charge in [-0.3, -0.25) is 0 Å². The minimum Gasteiger partial charge on any atom is -0.444 e. The van der Waals surface area contributed by atoms with Crippen LogP contribution in [0.1, 0.15) is 33.6 Å². The minimum absolute atomic E-state index is 0.0562. The zero-order valence-corrected chi connectivity index (χ0v) is 13.2. The van der Waals surface area contributed by atoms with Crippen molar-refractivity contribution in [3.05, 3.63) is 29.8 Å². The zero-order valence-electron chi connectivity index (χ0n) is 13.2. The Morgan fingerprint density at radius 1 is 1.41 bits per heavy atom. The molecule has 1 N–H and O–H groups in total. The molecule has 1 atom stereocenters. The molecule has 1 heterocycles. The number of hydrogen-bond donors (Lipinski definition) is 1. The van der Waals surface area contributed by atoms with Crippen molar-refractivity contribution in [1.82, 2.24) is 4.90 Å². The Bertz CT molecular complexity index is 543. The first-order valence-electron chi connectivity index (χ1n) is 7.45. The summed E-state index contributed by atoms with van der Waals surface area (Å²) >= 11 is 0. The molecule has 0 aromatic heterocycles. The Morgan fingerprint density at radius 3 is 2.77 bits per heavy atom. The Morgan fingerprint density at radius 2 is 2.14 bits per heavy atom. The van der Waals surface area contributed by atoms with Crippen LogP contribution in [0.3, 0.4) is 0 Å². The lowest BCUT2D eigenvalue weighted by Gasteiger charge is -2.29. The fourth-order valence-electron chi connectivity index (χ4n) is 2.47. The number of rotatable bonds is 3. The molecule has 0 aliphatic carbocycles. The van der Waals surface area contributed by atoms with Gasteiger partial charge in [0.15, 0.2) is 0 Å². The van der Waals surface area contributed by atoms with E-state index in [9.17, 15) is 13.6 Å². The van der Waals surface area contributed by atoms with Crippen molar-refractivity contribution in [2.24, 2.45) is 0 Å². The number of benzene rings is 1. The molecule has 1 unspecified atom stereocenters. The van der Waals surface area contributed by atoms with Gasteiger partial charge >= 0.3 is 6.09 Å². The molecule has 1 aromatic carbocycles. The summed E-state index contributed by atoms with van der Waals surface area (Å²) < 4.78 is 31.9. The predicted molar refractivity (Wildman–Crippen MR) is 80.8 cm³/mol. The standard InChI is InChI=1S/C16H22F2N2O2/c1-16(2,3)22-15(21)20-8-4-5-12(20)10-19-14-7-6-11(17)9-13(14)18/h6-7,9,12,19H,4-5,8,10H2,1-3H3. The molecule has 0 saturated carbocycles. The number of carbonyl (C=O) groups excluding carboxylic acids is 1. The van der Waals surface area contributed by atoms with E-state index in [1.54, 1.807) is 4.90 Å². The van der Waals surface area contributed by atoms with Crippen molar-refractivity contribution in [3.8, 4) is 0 Å². The van der Waals surface area contributed by atoms with E-state index in [1.165, 1.54) is 12.1 Å². The number of anilines is 1. The quantitative estimate of drug-likeness (QED) is 0.923. The number of ether oxygens (including phenoxy) is 1. The van der Waals surface area contributed by atoms with Gasteiger partial charge in [0.25, 0.3) is 0 Å². The molecule has 22 heavy (non-hydrogen) atoms. The summed E-state index contributed by atoms with van der Waals surface area (Å²) in [6.07, 6.45) is 1.36. The maximum absolute atomic E-state index is 13.6. The molecule has 0 bridgehead atoms. The smallest absolute Gasteiger partial charge is 0.410 e. The highest BCUT2D eigenvalue weighted by Crippen LogP contribution is 2.22. The molecule has 0 spiro atoms. The number of carbonyl (C=O) groups is 1. The first-order valence-corrected chi connectivity index (χ1v) is 7.45. The highest BCUT2D eigenvalue weighted by atomic mass is 19.1. The van der Waals surface area contributed by atoms with E-state index >= 15 is 0 Å². The molecule has 1 amide bonds. The summed E-state index contributed by atoms with van der Waals surface area (Å²) in [5.41, 5.74) is -0.307. The summed E-state index contributed by atoms with van der Waals surface area (Å²) in [7, 11) is 0. The Hall–Kier alpha value is -1.85. The van der Waals surface area contributed by atoms with Gasteiger partial charge < -0.3 is 15.0 Å². The fourth-order valence-corrected chi connectivity index (χ4v) is 2.47. The summed E-state index contributed by atoms with van der Waals surface area (Å²) in [5.74, 6) is -1.25. The van der Waals surface area contributed by atoms with Crippen molar-refractivity contribution in [2.45, 2.75) is 45.3 Å². The van der Waals surface area contributed by atoms with Crippen LogP contribution < -0.4 is 5.32 Å². The summed E-state index contributed by atoms with van der Waals surface area (Å²) in [4.78, 5) is 13.8. The molecule has 0 radical (unpaired) electrons. The molecule has 1 aromatic rings. The number of amides is 1. The molecule has 1 fully saturated rings. The zero-order chi connectivity index (χ0) is 16.3. The molecular formula is C16H22F2N2O2. The molecule has 1 saturated heterocycles. The largest absolute Gasteiger partial charge is 0.444 e. The maximum Gasteiger partial charge on any atom is 0.410 e. The first-order chi connectivity index (χ1) is 10.3. The van der Waals surface area contributed by atoms with Crippen LogP contribution in [-0.2, 0) is 4.74 Å². The Labute approximate surface area is 129 Å². The number of nitrogens with zero attached hydrogens (tertiary/aromatic N) is 1. The predicted octanol–water partition coefficient (Wildman–Crippen LogP) is 3.78. The van der Waals surface area contributed by atoms with Gasteiger partial charge in [0.05, 0.1) is 11.7 Å². The lowest BCUT2D eigenvalue weighted by molar-refractivity contribution is 0.0235. The van der Waals surface area contributed by atoms with E-state index in [4.69, 9.17) is 4.74 Å². The third-order valence-electron chi connectivity index (χ3n) is 3.46. The second-order valence-corrected chi connectivity index (χ2v) is 6.47. The molecular weight excluding hydrogens is 290 g/mol. The van der Waals surface area contributed by atoms with Gasteiger partial charge in [-0.05, 0) is 45.7 Å². The van der Waals surface area contributed by atoms with Crippen LogP contribution in [0.25, 0.3) is 0 Å². The number of nitrogens with one attached hydrogen (secondary N) is 1. The van der Waals surface area contributed by atoms with Crippen molar-refractivity contribution in [3.63, 3.8) is 0 Å². The fraction of sp³-hybridized carbons (Fsp3) is 0.562. The number of hydrogen-bond acceptors (Lipinski definition) is 3. The van der Waals surface area contributed by atoms with E-state index < -0.39 is 17.2 Å². The average Bonchev–Trinajstić information content (AvgIpc) is 2.84. The van der Waals surface area contributed by atoms with Crippen LogP contribution in [0, 0.1) is 11.6 Å². The molecule has 6 heteroatoms. The number of likely N-dealkylation sites (tertiary alicyclic amines) is 1. The van der Waals surface area contributed by atoms with Gasteiger partial charge in [-0.1, -0.05) is 0 Å². The Kier molecular flexibility index (Phi) is 4.88. The lowest BCUT2D eigenvalue weighted by atomic mass is 10.2. The highest BCUT2D eigenvalue weighted by Gasteiger charge is 2.32. The van der Waals surface area contributed by atoms with Crippen molar-refractivity contribution in [2.75, 3.05) is 18.4 Å². The molecule has 1 aliphatic rings. The maximum atomic E-state index is 13.6. The Balaban J connectivity index is 1.95. The summed E-state index contributed by atoms with van der Waals surface area (Å²) in [6, 6.07) is 3.34. The van der Waals surface area contributed by atoms with Gasteiger partial charge in [0, 0.05) is 19.2 Å². The van der Waals surface area contributed by atoms with Crippen LogP contribution in [0.5, 0.6) is 0 Å². The van der Waals surface area contributed by atoms with E-state index in [0.29, 0.717) is 13.1 Å². The van der Waals surface area contributed by atoms with Crippen molar-refractivity contribution >= 4 is 11.8 Å².